The van der Waals surface area contributed by atoms with E-state index in [1.807, 2.05) is 81.6 Å². The number of rotatable bonds is 15. The fourth-order valence-corrected chi connectivity index (χ4v) is 4.68. The lowest BCUT2D eigenvalue weighted by Gasteiger charge is -2.33. The van der Waals surface area contributed by atoms with Gasteiger partial charge in [-0.25, -0.2) is 0 Å². The van der Waals surface area contributed by atoms with Crippen LogP contribution in [0.4, 0.5) is 0 Å². The molecule has 0 bridgehead atoms. The molecule has 0 spiro atoms. The van der Waals surface area contributed by atoms with E-state index in [0.29, 0.717) is 26.1 Å². The molecule has 0 heterocycles. The van der Waals surface area contributed by atoms with Crippen molar-refractivity contribution in [3.63, 3.8) is 0 Å². The molecule has 3 aromatic rings. The summed E-state index contributed by atoms with van der Waals surface area (Å²) in [5.41, 5.74) is 11.6. The summed E-state index contributed by atoms with van der Waals surface area (Å²) in [4.78, 5) is 13.5. The molecule has 3 rings (SSSR count). The summed E-state index contributed by atoms with van der Waals surface area (Å²) in [7, 11) is 1.66. The number of aryl methyl sites for hydroxylation is 1. The predicted octanol–water partition coefficient (Wildman–Crippen LogP) is 6.76. The third kappa shape index (κ3) is 8.88. The van der Waals surface area contributed by atoms with E-state index in [1.165, 1.54) is 0 Å². The Morgan fingerprint density at radius 3 is 2.35 bits per heavy atom. The SMILES string of the molecule is CCN/C=C(\N)CCC(c1ccc(C)c(COCc2ccc(OC)cc2)c1)C(C)(C)C(=O)OCc1ccccc1. The molecule has 1 unspecified atom stereocenters. The molecule has 0 aromatic heterocycles. The first-order chi connectivity index (χ1) is 19.2. The first-order valence-electron chi connectivity index (χ1n) is 13.9. The van der Waals surface area contributed by atoms with Gasteiger partial charge < -0.3 is 25.3 Å². The van der Waals surface area contributed by atoms with E-state index in [2.05, 4.69) is 30.4 Å². The number of carbonyl (C=O) groups excluding carboxylic acids is 1. The van der Waals surface area contributed by atoms with Gasteiger partial charge in [-0.05, 0) is 86.4 Å². The van der Waals surface area contributed by atoms with Crippen LogP contribution in [0, 0.1) is 12.3 Å². The fourth-order valence-electron chi connectivity index (χ4n) is 4.68. The van der Waals surface area contributed by atoms with Crippen molar-refractivity contribution in [2.75, 3.05) is 13.7 Å². The van der Waals surface area contributed by atoms with Crippen LogP contribution >= 0.6 is 0 Å². The lowest BCUT2D eigenvalue weighted by Crippen LogP contribution is -2.33. The standard InChI is InChI=1S/C34H44N2O4/c1-6-36-21-30(35)16-19-32(34(3,4)33(37)40-23-26-10-8-7-9-11-26)28-15-12-25(2)29(20-28)24-39-22-27-13-17-31(38-5)18-14-27/h7-15,17-18,20-21,32,36H,6,16,19,22-24,35H2,1-5H3/b30-21-. The van der Waals surface area contributed by atoms with Gasteiger partial charge in [0.05, 0.1) is 25.7 Å². The van der Waals surface area contributed by atoms with Gasteiger partial charge in [-0.2, -0.15) is 0 Å². The smallest absolute Gasteiger partial charge is 0.312 e. The average Bonchev–Trinajstić information content (AvgIpc) is 2.97. The van der Waals surface area contributed by atoms with Crippen LogP contribution in [0.15, 0.2) is 84.7 Å². The summed E-state index contributed by atoms with van der Waals surface area (Å²) in [6.07, 6.45) is 3.21. The van der Waals surface area contributed by atoms with Crippen molar-refractivity contribution in [3.8, 4) is 5.75 Å². The van der Waals surface area contributed by atoms with Crippen molar-refractivity contribution in [2.45, 2.75) is 66.3 Å². The molecule has 214 valence electrons. The number of methoxy groups -OCH3 is 1. The zero-order chi connectivity index (χ0) is 29.0. The number of ether oxygens (including phenoxy) is 3. The molecular weight excluding hydrogens is 500 g/mol. The second-order valence-electron chi connectivity index (χ2n) is 10.7. The number of nitrogens with one attached hydrogen (secondary N) is 1. The zero-order valence-corrected chi connectivity index (χ0v) is 24.5. The van der Waals surface area contributed by atoms with Gasteiger partial charge in [-0.15, -0.1) is 0 Å². The van der Waals surface area contributed by atoms with Gasteiger partial charge in [0, 0.05) is 18.4 Å². The number of nitrogens with two attached hydrogens (primary N) is 1. The lowest BCUT2D eigenvalue weighted by molar-refractivity contribution is -0.156. The predicted molar refractivity (Wildman–Crippen MR) is 161 cm³/mol. The Hall–Kier alpha value is -3.77. The Morgan fingerprint density at radius 1 is 0.975 bits per heavy atom. The van der Waals surface area contributed by atoms with Crippen molar-refractivity contribution in [3.05, 3.63) is 113 Å². The highest BCUT2D eigenvalue weighted by atomic mass is 16.5. The van der Waals surface area contributed by atoms with Crippen LogP contribution in [0.25, 0.3) is 0 Å². The van der Waals surface area contributed by atoms with E-state index in [1.54, 1.807) is 7.11 Å². The van der Waals surface area contributed by atoms with Crippen LogP contribution < -0.4 is 15.8 Å². The minimum atomic E-state index is -0.774. The quantitative estimate of drug-likeness (QED) is 0.206. The largest absolute Gasteiger partial charge is 0.497 e. The Morgan fingerprint density at radius 2 is 1.68 bits per heavy atom. The molecule has 0 aliphatic heterocycles. The minimum absolute atomic E-state index is 0.106. The lowest BCUT2D eigenvalue weighted by atomic mass is 9.72. The molecule has 3 N–H and O–H groups in total. The van der Waals surface area contributed by atoms with E-state index in [4.69, 9.17) is 19.9 Å². The number of benzene rings is 3. The summed E-state index contributed by atoms with van der Waals surface area (Å²) >= 11 is 0. The van der Waals surface area contributed by atoms with E-state index in [9.17, 15) is 4.79 Å². The van der Waals surface area contributed by atoms with Crippen LogP contribution in [0.1, 0.15) is 67.3 Å². The van der Waals surface area contributed by atoms with Gasteiger partial charge in [0.1, 0.15) is 12.4 Å². The van der Waals surface area contributed by atoms with Crippen molar-refractivity contribution in [1.82, 2.24) is 5.32 Å². The molecule has 3 aromatic carbocycles. The Labute approximate surface area is 239 Å². The monoisotopic (exact) mass is 544 g/mol. The third-order valence-electron chi connectivity index (χ3n) is 7.28. The molecule has 40 heavy (non-hydrogen) atoms. The molecule has 0 aliphatic rings. The van der Waals surface area contributed by atoms with Crippen molar-refractivity contribution >= 4 is 5.97 Å². The van der Waals surface area contributed by atoms with Crippen LogP contribution in [-0.4, -0.2) is 19.6 Å². The zero-order valence-electron chi connectivity index (χ0n) is 24.5. The molecule has 0 fully saturated rings. The topological polar surface area (TPSA) is 82.8 Å². The second kappa shape index (κ2) is 15.1. The van der Waals surface area contributed by atoms with E-state index in [-0.39, 0.29) is 18.5 Å². The molecule has 0 radical (unpaired) electrons. The fraction of sp³-hybridized carbons (Fsp3) is 0.382. The highest BCUT2D eigenvalue weighted by molar-refractivity contribution is 5.77. The highest BCUT2D eigenvalue weighted by Crippen LogP contribution is 2.41. The molecule has 1 atom stereocenters. The van der Waals surface area contributed by atoms with Crippen molar-refractivity contribution < 1.29 is 19.0 Å². The van der Waals surface area contributed by atoms with Gasteiger partial charge >= 0.3 is 5.97 Å². The summed E-state index contributed by atoms with van der Waals surface area (Å²) in [6.45, 7) is 10.1. The van der Waals surface area contributed by atoms with Crippen LogP contribution in [0.3, 0.4) is 0 Å². The Kier molecular flexibility index (Phi) is 11.6. The number of allylic oxidation sites excluding steroid dienone is 1. The normalized spacial score (nSPS) is 12.6. The summed E-state index contributed by atoms with van der Waals surface area (Å²) < 4.78 is 17.2. The third-order valence-corrected chi connectivity index (χ3v) is 7.28. The van der Waals surface area contributed by atoms with Gasteiger partial charge in [0.15, 0.2) is 0 Å². The van der Waals surface area contributed by atoms with Gasteiger partial charge in [0.25, 0.3) is 0 Å². The maximum atomic E-state index is 13.5. The van der Waals surface area contributed by atoms with Crippen LogP contribution in [-0.2, 0) is 34.1 Å². The minimum Gasteiger partial charge on any atom is -0.497 e. The Balaban J connectivity index is 1.79. The molecule has 0 aliphatic carbocycles. The molecule has 0 saturated carbocycles. The number of hydrogen-bond donors (Lipinski definition) is 2. The molecular formula is C34H44N2O4. The number of esters is 1. The van der Waals surface area contributed by atoms with E-state index in [0.717, 1.165) is 45.8 Å². The number of carbonyl (C=O) groups is 1. The molecule has 0 amide bonds. The van der Waals surface area contributed by atoms with Crippen molar-refractivity contribution in [2.24, 2.45) is 11.1 Å². The Bertz CT molecular complexity index is 1240. The average molecular weight is 545 g/mol. The van der Waals surface area contributed by atoms with Gasteiger partial charge in [-0.1, -0.05) is 60.7 Å². The molecule has 6 heteroatoms. The highest BCUT2D eigenvalue weighted by Gasteiger charge is 2.39. The van der Waals surface area contributed by atoms with Crippen molar-refractivity contribution in [1.29, 1.82) is 0 Å². The number of hydrogen-bond acceptors (Lipinski definition) is 6. The molecule has 0 saturated heterocycles. The maximum absolute atomic E-state index is 13.5. The van der Waals surface area contributed by atoms with Crippen LogP contribution in [0.2, 0.25) is 0 Å². The first-order valence-corrected chi connectivity index (χ1v) is 13.9. The summed E-state index contributed by atoms with van der Waals surface area (Å²) in [5, 5.41) is 3.17. The summed E-state index contributed by atoms with van der Waals surface area (Å²) in [6, 6.07) is 24.0. The molecule has 6 nitrogen and oxygen atoms in total. The van der Waals surface area contributed by atoms with Crippen LogP contribution in [0.5, 0.6) is 5.75 Å². The second-order valence-corrected chi connectivity index (χ2v) is 10.7. The maximum Gasteiger partial charge on any atom is 0.312 e. The first kappa shape index (κ1) is 30.8. The summed E-state index contributed by atoms with van der Waals surface area (Å²) in [5.74, 6) is 0.489. The van der Waals surface area contributed by atoms with E-state index < -0.39 is 5.41 Å². The van der Waals surface area contributed by atoms with E-state index >= 15 is 0 Å². The van der Waals surface area contributed by atoms with Gasteiger partial charge in [0.2, 0.25) is 0 Å². The van der Waals surface area contributed by atoms with Gasteiger partial charge in [-0.3, -0.25) is 4.79 Å².